The first-order valence-corrected chi connectivity index (χ1v) is 9.94. The van der Waals surface area contributed by atoms with Gasteiger partial charge in [0.25, 0.3) is 5.56 Å². The average Bonchev–Trinajstić information content (AvgIpc) is 3.18. The zero-order valence-corrected chi connectivity index (χ0v) is 17.2. The number of hydrogen-bond acceptors (Lipinski definition) is 4. The lowest BCUT2D eigenvalue weighted by Crippen LogP contribution is -2.18. The van der Waals surface area contributed by atoms with Gasteiger partial charge < -0.3 is 15.3 Å². The van der Waals surface area contributed by atoms with Crippen LogP contribution in [0.4, 0.5) is 5.69 Å². The molecule has 2 aromatic heterocycles. The van der Waals surface area contributed by atoms with Crippen molar-refractivity contribution in [3.05, 3.63) is 81.3 Å². The summed E-state index contributed by atoms with van der Waals surface area (Å²) in [7, 11) is 0. The number of carbonyl (C=O) groups is 1. The Hall–Kier alpha value is -4.18. The molecule has 31 heavy (non-hydrogen) atoms. The predicted octanol–water partition coefficient (Wildman–Crippen LogP) is 3.98. The van der Waals surface area contributed by atoms with Crippen molar-refractivity contribution in [2.45, 2.75) is 26.7 Å². The first-order chi connectivity index (χ1) is 15.0. The van der Waals surface area contributed by atoms with Gasteiger partial charge in [0.05, 0.1) is 16.7 Å². The number of nitrogens with zero attached hydrogens (tertiary/aromatic N) is 2. The molecule has 7 nitrogen and oxygen atoms in total. The highest BCUT2D eigenvalue weighted by Gasteiger charge is 2.15. The van der Waals surface area contributed by atoms with Crippen LogP contribution in [-0.4, -0.2) is 20.9 Å². The second kappa shape index (κ2) is 8.28. The number of aryl methyl sites for hydroxylation is 1. The topological polar surface area (TPSA) is 114 Å². The second-order valence-corrected chi connectivity index (χ2v) is 7.37. The minimum Gasteiger partial charge on any atom is -0.338 e. The van der Waals surface area contributed by atoms with Crippen LogP contribution in [0.25, 0.3) is 22.4 Å². The number of anilines is 1. The highest BCUT2D eigenvalue weighted by Crippen LogP contribution is 2.27. The van der Waals surface area contributed by atoms with E-state index in [1.54, 1.807) is 13.8 Å². The molecule has 0 bridgehead atoms. The molecular formula is C24H21N5O2. The van der Waals surface area contributed by atoms with E-state index in [-0.39, 0.29) is 17.9 Å². The molecular weight excluding hydrogens is 390 g/mol. The van der Waals surface area contributed by atoms with E-state index >= 15 is 0 Å². The quantitative estimate of drug-likeness (QED) is 0.461. The molecule has 0 saturated carbocycles. The molecule has 1 amide bonds. The molecule has 4 aromatic rings. The average molecular weight is 411 g/mol. The minimum absolute atomic E-state index is 0.0937. The Morgan fingerprint density at radius 2 is 1.84 bits per heavy atom. The fourth-order valence-corrected chi connectivity index (χ4v) is 3.75. The van der Waals surface area contributed by atoms with Crippen LogP contribution in [0.3, 0.4) is 0 Å². The first-order valence-electron chi connectivity index (χ1n) is 9.94. The third-order valence-corrected chi connectivity index (χ3v) is 5.37. The van der Waals surface area contributed by atoms with Gasteiger partial charge in [-0.3, -0.25) is 9.59 Å². The number of pyridine rings is 1. The molecule has 0 saturated heterocycles. The number of H-pyrrole nitrogens is 2. The minimum atomic E-state index is -0.398. The lowest BCUT2D eigenvalue weighted by atomic mass is 9.99. The van der Waals surface area contributed by atoms with E-state index in [2.05, 4.69) is 20.3 Å². The maximum absolute atomic E-state index is 12.7. The van der Waals surface area contributed by atoms with Crippen molar-refractivity contribution >= 4 is 22.6 Å². The van der Waals surface area contributed by atoms with Gasteiger partial charge in [-0.25, -0.2) is 4.98 Å². The molecule has 0 aliphatic rings. The normalized spacial score (nSPS) is 10.7. The summed E-state index contributed by atoms with van der Waals surface area (Å²) in [6.45, 7) is 3.52. The Morgan fingerprint density at radius 3 is 2.61 bits per heavy atom. The summed E-state index contributed by atoms with van der Waals surface area (Å²) in [6, 6.07) is 17.2. The third kappa shape index (κ3) is 3.96. The molecule has 0 aliphatic carbocycles. The van der Waals surface area contributed by atoms with Gasteiger partial charge in [0.2, 0.25) is 5.91 Å². The number of carbonyl (C=O) groups excluding carboxylic acids is 1. The Labute approximate surface area is 178 Å². The van der Waals surface area contributed by atoms with Crippen molar-refractivity contribution in [2.24, 2.45) is 0 Å². The fraction of sp³-hybridized carbons (Fsp3) is 0.167. The van der Waals surface area contributed by atoms with Crippen molar-refractivity contribution in [1.82, 2.24) is 15.0 Å². The molecule has 0 atom stereocenters. The summed E-state index contributed by atoms with van der Waals surface area (Å²) in [6.07, 6.45) is 0.634. The van der Waals surface area contributed by atoms with Gasteiger partial charge in [-0.05, 0) is 55.7 Å². The van der Waals surface area contributed by atoms with Crippen LogP contribution in [0.2, 0.25) is 0 Å². The summed E-state index contributed by atoms with van der Waals surface area (Å²) >= 11 is 0. The summed E-state index contributed by atoms with van der Waals surface area (Å²) in [4.78, 5) is 35.2. The van der Waals surface area contributed by atoms with Gasteiger partial charge in [-0.1, -0.05) is 24.3 Å². The van der Waals surface area contributed by atoms with Gasteiger partial charge in [-0.2, -0.15) is 5.26 Å². The Balaban J connectivity index is 1.54. The van der Waals surface area contributed by atoms with Gasteiger partial charge in [0.1, 0.15) is 17.5 Å². The Morgan fingerprint density at radius 1 is 1.10 bits per heavy atom. The lowest BCUT2D eigenvalue weighted by molar-refractivity contribution is -0.116. The van der Waals surface area contributed by atoms with E-state index in [0.29, 0.717) is 29.2 Å². The number of fused-ring (bicyclic) bond motifs is 1. The van der Waals surface area contributed by atoms with Crippen LogP contribution >= 0.6 is 0 Å². The number of hydrogen-bond donors (Lipinski definition) is 3. The number of aromatic amines is 2. The molecule has 3 N–H and O–H groups in total. The SMILES string of the molecule is Cc1[nH]c(=O)c(C#N)c(C)c1CCC(=O)Nc1ccccc1-c1nc2ccccc2[nH]1. The van der Waals surface area contributed by atoms with E-state index in [1.165, 1.54) is 0 Å². The molecule has 7 heteroatoms. The van der Waals surface area contributed by atoms with Crippen LogP contribution in [0.5, 0.6) is 0 Å². The Bertz CT molecular complexity index is 1360. The number of aromatic nitrogens is 3. The summed E-state index contributed by atoms with van der Waals surface area (Å²) in [5.41, 5.74) is 5.07. The standard InChI is InChI=1S/C24H21N5O2/c1-14-16(15(2)26-24(31)18(14)13-25)11-12-22(30)27-19-8-4-3-7-17(19)23-28-20-9-5-6-10-21(20)29-23/h3-10H,11-12H2,1-2H3,(H,26,31)(H,27,30)(H,28,29). The smallest absolute Gasteiger partial charge is 0.266 e. The molecule has 0 spiro atoms. The number of nitrogens with one attached hydrogen (secondary N) is 3. The van der Waals surface area contributed by atoms with Gasteiger partial charge in [-0.15, -0.1) is 0 Å². The monoisotopic (exact) mass is 411 g/mol. The van der Waals surface area contributed by atoms with Crippen LogP contribution in [0, 0.1) is 25.2 Å². The molecule has 0 fully saturated rings. The molecule has 0 radical (unpaired) electrons. The van der Waals surface area contributed by atoms with E-state index in [1.807, 2.05) is 54.6 Å². The number of imidazole rings is 1. The molecule has 154 valence electrons. The van der Waals surface area contributed by atoms with Crippen molar-refractivity contribution < 1.29 is 4.79 Å². The van der Waals surface area contributed by atoms with Gasteiger partial charge in [0, 0.05) is 17.7 Å². The predicted molar refractivity (Wildman–Crippen MR) is 120 cm³/mol. The van der Waals surface area contributed by atoms with Crippen molar-refractivity contribution in [1.29, 1.82) is 5.26 Å². The summed E-state index contributed by atoms with van der Waals surface area (Å²) in [5, 5.41) is 12.2. The van der Waals surface area contributed by atoms with Gasteiger partial charge >= 0.3 is 0 Å². The number of rotatable bonds is 5. The van der Waals surface area contributed by atoms with Crippen molar-refractivity contribution in [3.8, 4) is 17.5 Å². The maximum Gasteiger partial charge on any atom is 0.266 e. The van der Waals surface area contributed by atoms with E-state index < -0.39 is 5.56 Å². The van der Waals surface area contributed by atoms with Crippen molar-refractivity contribution in [2.75, 3.05) is 5.32 Å². The maximum atomic E-state index is 12.7. The molecule has 0 aliphatic heterocycles. The highest BCUT2D eigenvalue weighted by atomic mass is 16.1. The summed E-state index contributed by atoms with van der Waals surface area (Å²) < 4.78 is 0. The summed E-state index contributed by atoms with van der Waals surface area (Å²) in [5.74, 6) is 0.523. The number of benzene rings is 2. The number of para-hydroxylation sites is 3. The first kappa shape index (κ1) is 20.1. The van der Waals surface area contributed by atoms with Crippen molar-refractivity contribution in [3.63, 3.8) is 0 Å². The fourth-order valence-electron chi connectivity index (χ4n) is 3.75. The van der Waals surface area contributed by atoms with Crippen LogP contribution in [0.15, 0.2) is 53.3 Å². The molecule has 2 heterocycles. The van der Waals surface area contributed by atoms with Gasteiger partial charge in [0.15, 0.2) is 0 Å². The lowest BCUT2D eigenvalue weighted by Gasteiger charge is -2.12. The molecule has 0 unspecified atom stereocenters. The van der Waals surface area contributed by atoms with Crippen LogP contribution in [0.1, 0.15) is 28.8 Å². The number of amides is 1. The third-order valence-electron chi connectivity index (χ3n) is 5.37. The van der Waals surface area contributed by atoms with E-state index in [4.69, 9.17) is 0 Å². The number of nitriles is 1. The second-order valence-electron chi connectivity index (χ2n) is 7.37. The molecule has 2 aromatic carbocycles. The van der Waals surface area contributed by atoms with Crippen LogP contribution < -0.4 is 10.9 Å². The zero-order chi connectivity index (χ0) is 22.0. The van der Waals surface area contributed by atoms with Crippen LogP contribution in [-0.2, 0) is 11.2 Å². The van der Waals surface area contributed by atoms with E-state index in [0.717, 1.165) is 22.2 Å². The van der Waals surface area contributed by atoms with E-state index in [9.17, 15) is 14.9 Å². The Kier molecular flexibility index (Phi) is 5.37. The molecule has 4 rings (SSSR count). The zero-order valence-electron chi connectivity index (χ0n) is 17.2. The largest absolute Gasteiger partial charge is 0.338 e. The highest BCUT2D eigenvalue weighted by molar-refractivity contribution is 5.95.